The van der Waals surface area contributed by atoms with E-state index in [-0.39, 0.29) is 5.97 Å². The van der Waals surface area contributed by atoms with Crippen LogP contribution in [0.25, 0.3) is 0 Å². The van der Waals surface area contributed by atoms with E-state index in [9.17, 15) is 4.79 Å². The van der Waals surface area contributed by atoms with Crippen LogP contribution in [-0.4, -0.2) is 36.2 Å². The molecule has 0 radical (unpaired) electrons. The molecule has 0 aromatic heterocycles. The van der Waals surface area contributed by atoms with Gasteiger partial charge in [-0.1, -0.05) is 6.92 Å². The Balaban J connectivity index is 2.73. The van der Waals surface area contributed by atoms with Crippen molar-refractivity contribution >= 4 is 17.7 Å². The lowest BCUT2D eigenvalue weighted by Gasteiger charge is -2.29. The third kappa shape index (κ3) is 1.83. The van der Waals surface area contributed by atoms with Crippen molar-refractivity contribution in [2.75, 3.05) is 19.4 Å². The van der Waals surface area contributed by atoms with Crippen molar-refractivity contribution in [3.05, 3.63) is 0 Å². The number of carbonyl (C=O) groups is 1. The van der Waals surface area contributed by atoms with Crippen molar-refractivity contribution in [1.29, 1.82) is 0 Å². The van der Waals surface area contributed by atoms with Gasteiger partial charge in [0.25, 0.3) is 0 Å². The molecular formula is C9H17NO2S. The van der Waals surface area contributed by atoms with Crippen LogP contribution < -0.4 is 5.32 Å². The molecule has 76 valence electrons. The fourth-order valence-electron chi connectivity index (χ4n) is 1.70. The van der Waals surface area contributed by atoms with E-state index in [0.717, 1.165) is 12.2 Å². The van der Waals surface area contributed by atoms with Gasteiger partial charge in [0.15, 0.2) is 0 Å². The van der Waals surface area contributed by atoms with E-state index >= 15 is 0 Å². The third-order valence-corrected chi connectivity index (χ3v) is 3.99. The normalized spacial score (nSPS) is 33.3. The first-order valence-corrected chi connectivity index (χ1v) is 5.70. The number of likely N-dealkylation sites (N-methyl/N-ethyl adjacent to an activating group) is 1. The Bertz CT molecular complexity index is 198. The standard InChI is InChI=1S/C9H17NO2S/c1-4-12-8(11)9(10-3)5-6-13-7(9)2/h7,10H,4-6H2,1-3H3. The Morgan fingerprint density at radius 2 is 2.46 bits per heavy atom. The van der Waals surface area contributed by atoms with E-state index in [1.54, 1.807) is 0 Å². The van der Waals surface area contributed by atoms with Crippen LogP contribution in [0, 0.1) is 0 Å². The molecule has 1 rings (SSSR count). The van der Waals surface area contributed by atoms with Gasteiger partial charge in [-0.15, -0.1) is 0 Å². The average Bonchev–Trinajstić information content (AvgIpc) is 2.48. The lowest BCUT2D eigenvalue weighted by atomic mass is 9.93. The molecule has 0 spiro atoms. The molecule has 1 N–H and O–H groups in total. The predicted octanol–water partition coefficient (Wildman–Crippen LogP) is 1.03. The van der Waals surface area contributed by atoms with Gasteiger partial charge >= 0.3 is 5.97 Å². The molecule has 0 amide bonds. The molecule has 0 aromatic rings. The highest BCUT2D eigenvalue weighted by atomic mass is 32.2. The van der Waals surface area contributed by atoms with E-state index < -0.39 is 5.54 Å². The summed E-state index contributed by atoms with van der Waals surface area (Å²) in [5.41, 5.74) is -0.444. The summed E-state index contributed by atoms with van der Waals surface area (Å²) in [5.74, 6) is 0.927. The van der Waals surface area contributed by atoms with Gasteiger partial charge in [-0.3, -0.25) is 4.79 Å². The molecule has 0 aliphatic carbocycles. The number of nitrogens with one attached hydrogen (secondary N) is 1. The van der Waals surface area contributed by atoms with Gasteiger partial charge < -0.3 is 10.1 Å². The zero-order valence-electron chi connectivity index (χ0n) is 8.42. The molecule has 2 unspecified atom stereocenters. The number of rotatable bonds is 3. The van der Waals surface area contributed by atoms with Crippen molar-refractivity contribution in [3.63, 3.8) is 0 Å². The molecule has 1 saturated heterocycles. The summed E-state index contributed by atoms with van der Waals surface area (Å²) in [6.07, 6.45) is 0.869. The summed E-state index contributed by atoms with van der Waals surface area (Å²) in [6, 6.07) is 0. The number of carbonyl (C=O) groups excluding carboxylic acids is 1. The SMILES string of the molecule is CCOC(=O)C1(NC)CCSC1C. The molecule has 2 atom stereocenters. The van der Waals surface area contributed by atoms with Gasteiger partial charge in [0.2, 0.25) is 0 Å². The Hall–Kier alpha value is -0.220. The van der Waals surface area contributed by atoms with Crippen molar-refractivity contribution in [2.24, 2.45) is 0 Å². The van der Waals surface area contributed by atoms with Crippen LogP contribution in [-0.2, 0) is 9.53 Å². The topological polar surface area (TPSA) is 38.3 Å². The van der Waals surface area contributed by atoms with Gasteiger partial charge in [-0.2, -0.15) is 11.8 Å². The number of hydrogen-bond acceptors (Lipinski definition) is 4. The van der Waals surface area contributed by atoms with Gasteiger partial charge in [0, 0.05) is 5.25 Å². The van der Waals surface area contributed by atoms with E-state index in [0.29, 0.717) is 11.9 Å². The Morgan fingerprint density at radius 3 is 2.85 bits per heavy atom. The van der Waals surface area contributed by atoms with Crippen LogP contribution in [0.1, 0.15) is 20.3 Å². The van der Waals surface area contributed by atoms with Gasteiger partial charge in [0.1, 0.15) is 5.54 Å². The molecule has 0 saturated carbocycles. The number of thioether (sulfide) groups is 1. The smallest absolute Gasteiger partial charge is 0.327 e. The minimum Gasteiger partial charge on any atom is -0.465 e. The van der Waals surface area contributed by atoms with E-state index in [1.165, 1.54) is 0 Å². The summed E-state index contributed by atoms with van der Waals surface area (Å²) in [4.78, 5) is 11.7. The quantitative estimate of drug-likeness (QED) is 0.695. The van der Waals surface area contributed by atoms with Crippen LogP contribution in [0.4, 0.5) is 0 Å². The molecule has 3 nitrogen and oxygen atoms in total. The monoisotopic (exact) mass is 203 g/mol. The van der Waals surface area contributed by atoms with E-state index in [1.807, 2.05) is 25.7 Å². The summed E-state index contributed by atoms with van der Waals surface area (Å²) < 4.78 is 5.08. The first-order valence-electron chi connectivity index (χ1n) is 4.65. The molecule has 1 aliphatic rings. The maximum absolute atomic E-state index is 11.7. The maximum Gasteiger partial charge on any atom is 0.327 e. The predicted molar refractivity (Wildman–Crippen MR) is 55.0 cm³/mol. The minimum atomic E-state index is -0.444. The van der Waals surface area contributed by atoms with Crippen molar-refractivity contribution in [3.8, 4) is 0 Å². The first-order chi connectivity index (χ1) is 6.17. The van der Waals surface area contributed by atoms with E-state index in [2.05, 4.69) is 12.2 Å². The largest absolute Gasteiger partial charge is 0.465 e. The Labute approximate surface area is 83.6 Å². The Kier molecular flexibility index (Phi) is 3.62. The number of hydrogen-bond donors (Lipinski definition) is 1. The fraction of sp³-hybridized carbons (Fsp3) is 0.889. The van der Waals surface area contributed by atoms with Gasteiger partial charge in [-0.25, -0.2) is 0 Å². The molecule has 1 fully saturated rings. The van der Waals surface area contributed by atoms with Crippen molar-refractivity contribution in [1.82, 2.24) is 5.32 Å². The zero-order valence-corrected chi connectivity index (χ0v) is 9.24. The zero-order chi connectivity index (χ0) is 9.90. The van der Waals surface area contributed by atoms with Crippen LogP contribution in [0.15, 0.2) is 0 Å². The Morgan fingerprint density at radius 1 is 1.77 bits per heavy atom. The van der Waals surface area contributed by atoms with Crippen LogP contribution >= 0.6 is 11.8 Å². The summed E-state index contributed by atoms with van der Waals surface area (Å²) >= 11 is 1.82. The van der Waals surface area contributed by atoms with Gasteiger partial charge in [0.05, 0.1) is 6.61 Å². The third-order valence-electron chi connectivity index (χ3n) is 2.64. The highest BCUT2D eigenvalue weighted by Gasteiger charge is 2.47. The fourth-order valence-corrected chi connectivity index (χ4v) is 3.11. The maximum atomic E-state index is 11.7. The second-order valence-electron chi connectivity index (χ2n) is 3.20. The second kappa shape index (κ2) is 4.33. The molecular weight excluding hydrogens is 186 g/mol. The van der Waals surface area contributed by atoms with E-state index in [4.69, 9.17) is 4.74 Å². The molecule has 0 aromatic carbocycles. The number of ether oxygens (including phenoxy) is 1. The lowest BCUT2D eigenvalue weighted by Crippen LogP contribution is -2.55. The number of esters is 1. The molecule has 0 bridgehead atoms. The second-order valence-corrected chi connectivity index (χ2v) is 4.65. The highest BCUT2D eigenvalue weighted by Crippen LogP contribution is 2.36. The highest BCUT2D eigenvalue weighted by molar-refractivity contribution is 8.00. The molecule has 1 heterocycles. The van der Waals surface area contributed by atoms with Crippen LogP contribution in [0.5, 0.6) is 0 Å². The molecule has 4 heteroatoms. The van der Waals surface area contributed by atoms with Crippen LogP contribution in [0.2, 0.25) is 0 Å². The van der Waals surface area contributed by atoms with Crippen molar-refractivity contribution < 1.29 is 9.53 Å². The molecule has 1 aliphatic heterocycles. The van der Waals surface area contributed by atoms with Crippen LogP contribution in [0.3, 0.4) is 0 Å². The summed E-state index contributed by atoms with van der Waals surface area (Å²) in [5, 5.41) is 3.42. The summed E-state index contributed by atoms with van der Waals surface area (Å²) in [6.45, 7) is 4.37. The molecule has 13 heavy (non-hydrogen) atoms. The summed E-state index contributed by atoms with van der Waals surface area (Å²) in [7, 11) is 1.83. The minimum absolute atomic E-state index is 0.102. The average molecular weight is 203 g/mol. The van der Waals surface area contributed by atoms with Gasteiger partial charge in [-0.05, 0) is 26.1 Å². The van der Waals surface area contributed by atoms with Crippen molar-refractivity contribution in [2.45, 2.75) is 31.1 Å². The first kappa shape index (κ1) is 10.9. The lowest BCUT2D eigenvalue weighted by molar-refractivity contribution is -0.150.